The maximum Gasteiger partial charge on any atom is 0.312 e. The van der Waals surface area contributed by atoms with Crippen LogP contribution in [0.3, 0.4) is 0 Å². The van der Waals surface area contributed by atoms with Gasteiger partial charge in [-0.1, -0.05) is 0 Å². The number of carbonyl (C=O) groups excluding carboxylic acids is 1. The number of aromatic nitrogens is 2. The largest absolute Gasteiger partial charge is 0.422 e. The minimum absolute atomic E-state index is 0.0294. The van der Waals surface area contributed by atoms with E-state index >= 15 is 0 Å². The zero-order chi connectivity index (χ0) is 13.1. The Morgan fingerprint density at radius 3 is 2.83 bits per heavy atom. The van der Waals surface area contributed by atoms with Gasteiger partial charge in [0.25, 0.3) is 5.19 Å². The Balaban J connectivity index is 2.37. The normalized spacial score (nSPS) is 10.1. The molecule has 2 rings (SSSR count). The van der Waals surface area contributed by atoms with Crippen LogP contribution >= 0.6 is 11.5 Å². The summed E-state index contributed by atoms with van der Waals surface area (Å²) in [4.78, 5) is 24.8. The highest BCUT2D eigenvalue weighted by molar-refractivity contribution is 7.07. The number of benzene rings is 1. The van der Waals surface area contributed by atoms with Crippen molar-refractivity contribution in [1.29, 1.82) is 0 Å². The predicted octanol–water partition coefficient (Wildman–Crippen LogP) is 2.36. The van der Waals surface area contributed by atoms with Crippen LogP contribution in [0.1, 0.15) is 16.2 Å². The first-order chi connectivity index (χ1) is 8.60. The quantitative estimate of drug-likeness (QED) is 0.478. The second-order valence-corrected chi connectivity index (χ2v) is 4.03. The van der Waals surface area contributed by atoms with Gasteiger partial charge in [0.2, 0.25) is 5.75 Å². The van der Waals surface area contributed by atoms with Gasteiger partial charge in [0.1, 0.15) is 12.1 Å². The molecule has 1 aromatic heterocycles. The number of nitro groups is 1. The number of hydrogen-bond acceptors (Lipinski definition) is 7. The van der Waals surface area contributed by atoms with E-state index in [0.29, 0.717) is 12.1 Å². The second kappa shape index (κ2) is 4.88. The highest BCUT2D eigenvalue weighted by Gasteiger charge is 2.18. The molecule has 0 atom stereocenters. The second-order valence-electron chi connectivity index (χ2n) is 3.31. The van der Waals surface area contributed by atoms with Crippen LogP contribution < -0.4 is 4.74 Å². The van der Waals surface area contributed by atoms with Gasteiger partial charge in [0.05, 0.1) is 4.92 Å². The fourth-order valence-electron chi connectivity index (χ4n) is 1.25. The Labute approximate surface area is 105 Å². The molecule has 0 amide bonds. The predicted molar refractivity (Wildman–Crippen MR) is 63.2 cm³/mol. The van der Waals surface area contributed by atoms with Crippen LogP contribution in [0.15, 0.2) is 18.2 Å². The molecule has 0 N–H and O–H groups in total. The minimum Gasteiger partial charge on any atom is -0.422 e. The maximum absolute atomic E-state index is 10.9. The van der Waals surface area contributed by atoms with Crippen LogP contribution in [-0.2, 0) is 0 Å². The molecule has 0 radical (unpaired) electrons. The lowest BCUT2D eigenvalue weighted by molar-refractivity contribution is -0.385. The van der Waals surface area contributed by atoms with E-state index in [1.54, 1.807) is 6.92 Å². The molecule has 0 bridgehead atoms. The fraction of sp³-hybridized carbons (Fsp3) is 0.100. The molecule has 18 heavy (non-hydrogen) atoms. The Hall–Kier alpha value is -2.35. The molecule has 92 valence electrons. The van der Waals surface area contributed by atoms with E-state index < -0.39 is 4.92 Å². The molecular formula is C10H7N3O4S. The molecule has 0 aliphatic carbocycles. The van der Waals surface area contributed by atoms with E-state index in [1.807, 2.05) is 0 Å². The van der Waals surface area contributed by atoms with E-state index in [2.05, 4.69) is 9.36 Å². The van der Waals surface area contributed by atoms with Gasteiger partial charge in [-0.25, -0.2) is 0 Å². The number of aryl methyl sites for hydroxylation is 1. The molecule has 7 nitrogen and oxygen atoms in total. The van der Waals surface area contributed by atoms with E-state index in [-0.39, 0.29) is 22.2 Å². The lowest BCUT2D eigenvalue weighted by atomic mass is 10.2. The van der Waals surface area contributed by atoms with Gasteiger partial charge in [-0.15, -0.1) is 0 Å². The monoisotopic (exact) mass is 265 g/mol. The molecule has 0 saturated carbocycles. The number of rotatable bonds is 4. The molecule has 1 heterocycles. The Morgan fingerprint density at radius 2 is 2.28 bits per heavy atom. The standard InChI is InChI=1S/C10H7N3O4S/c1-6-11-10(18-12-6)17-9-3-2-7(5-14)4-8(9)13(15)16/h2-5H,1H3. The fourth-order valence-corrected chi connectivity index (χ4v) is 1.80. The van der Waals surface area contributed by atoms with Crippen molar-refractivity contribution in [3.63, 3.8) is 0 Å². The molecule has 0 saturated heterocycles. The van der Waals surface area contributed by atoms with E-state index in [0.717, 1.165) is 17.6 Å². The number of nitro benzene ring substituents is 1. The lowest BCUT2D eigenvalue weighted by Gasteiger charge is -2.02. The minimum atomic E-state index is -0.615. The zero-order valence-electron chi connectivity index (χ0n) is 9.19. The third-order valence-electron chi connectivity index (χ3n) is 2.02. The topological polar surface area (TPSA) is 95.2 Å². The van der Waals surface area contributed by atoms with Crippen LogP contribution in [0, 0.1) is 17.0 Å². The van der Waals surface area contributed by atoms with Gasteiger partial charge in [0.15, 0.2) is 0 Å². The average Bonchev–Trinajstić information content (AvgIpc) is 2.75. The van der Waals surface area contributed by atoms with Crippen LogP contribution in [0.25, 0.3) is 0 Å². The molecule has 1 aromatic carbocycles. The Kier molecular flexibility index (Phi) is 3.28. The van der Waals surface area contributed by atoms with Crippen molar-refractivity contribution in [3.05, 3.63) is 39.7 Å². The number of hydrogen-bond donors (Lipinski definition) is 0. The van der Waals surface area contributed by atoms with Crippen LogP contribution in [-0.4, -0.2) is 20.6 Å². The van der Waals surface area contributed by atoms with Crippen molar-refractivity contribution in [1.82, 2.24) is 9.36 Å². The molecule has 8 heteroatoms. The van der Waals surface area contributed by atoms with Crippen molar-refractivity contribution in [2.75, 3.05) is 0 Å². The summed E-state index contributed by atoms with van der Waals surface area (Å²) < 4.78 is 9.18. The summed E-state index contributed by atoms with van der Waals surface area (Å²) in [5, 5.41) is 11.1. The number of nitrogens with zero attached hydrogens (tertiary/aromatic N) is 3. The highest BCUT2D eigenvalue weighted by atomic mass is 32.1. The number of ether oxygens (including phenoxy) is 1. The van der Waals surface area contributed by atoms with Gasteiger partial charge < -0.3 is 4.74 Å². The number of aldehydes is 1. The summed E-state index contributed by atoms with van der Waals surface area (Å²) in [7, 11) is 0. The average molecular weight is 265 g/mol. The van der Waals surface area contributed by atoms with Crippen molar-refractivity contribution in [3.8, 4) is 10.9 Å². The highest BCUT2D eigenvalue weighted by Crippen LogP contribution is 2.32. The third-order valence-corrected chi connectivity index (χ3v) is 2.71. The smallest absolute Gasteiger partial charge is 0.312 e. The summed E-state index contributed by atoms with van der Waals surface area (Å²) in [6.45, 7) is 1.69. The zero-order valence-corrected chi connectivity index (χ0v) is 10.0. The molecule has 0 spiro atoms. The van der Waals surface area contributed by atoms with E-state index in [1.165, 1.54) is 12.1 Å². The summed E-state index contributed by atoms with van der Waals surface area (Å²) in [5.74, 6) is 0.559. The molecular weight excluding hydrogens is 258 g/mol. The van der Waals surface area contributed by atoms with Gasteiger partial charge in [0, 0.05) is 23.2 Å². The molecule has 0 aliphatic rings. The van der Waals surface area contributed by atoms with Crippen molar-refractivity contribution in [2.24, 2.45) is 0 Å². The van der Waals surface area contributed by atoms with Crippen molar-refractivity contribution in [2.45, 2.75) is 6.92 Å². The lowest BCUT2D eigenvalue weighted by Crippen LogP contribution is -1.95. The maximum atomic E-state index is 10.9. The van der Waals surface area contributed by atoms with Gasteiger partial charge in [-0.3, -0.25) is 14.9 Å². The summed E-state index contributed by atoms with van der Waals surface area (Å²) in [6.07, 6.45) is 0.534. The summed E-state index contributed by atoms with van der Waals surface area (Å²) in [5.41, 5.74) is -0.0741. The molecule has 2 aromatic rings. The third kappa shape index (κ3) is 2.48. The van der Waals surface area contributed by atoms with Crippen molar-refractivity contribution < 1.29 is 14.5 Å². The summed E-state index contributed by atoms with van der Waals surface area (Å²) >= 11 is 0.999. The first kappa shape index (κ1) is 12.1. The Morgan fingerprint density at radius 1 is 1.50 bits per heavy atom. The van der Waals surface area contributed by atoms with Gasteiger partial charge in [-0.2, -0.15) is 9.36 Å². The molecule has 0 unspecified atom stereocenters. The number of carbonyl (C=O) groups is 1. The van der Waals surface area contributed by atoms with Crippen LogP contribution in [0.4, 0.5) is 5.69 Å². The Bertz CT molecular complexity index is 611. The SMILES string of the molecule is Cc1nsc(Oc2ccc(C=O)cc2[N+](=O)[O-])n1. The van der Waals surface area contributed by atoms with E-state index in [4.69, 9.17) is 4.74 Å². The molecule has 0 aliphatic heterocycles. The molecule has 0 fully saturated rings. The van der Waals surface area contributed by atoms with Crippen LogP contribution in [0.2, 0.25) is 0 Å². The van der Waals surface area contributed by atoms with E-state index in [9.17, 15) is 14.9 Å². The van der Waals surface area contributed by atoms with Gasteiger partial charge >= 0.3 is 5.69 Å². The van der Waals surface area contributed by atoms with Crippen LogP contribution in [0.5, 0.6) is 10.9 Å². The van der Waals surface area contributed by atoms with Crippen molar-refractivity contribution >= 4 is 23.5 Å². The first-order valence-electron chi connectivity index (χ1n) is 4.82. The van der Waals surface area contributed by atoms with Gasteiger partial charge in [-0.05, 0) is 19.1 Å². The summed E-state index contributed by atoms with van der Waals surface area (Å²) in [6, 6.07) is 3.94. The first-order valence-corrected chi connectivity index (χ1v) is 5.59.